The summed E-state index contributed by atoms with van der Waals surface area (Å²) in [4.78, 5) is 12.0. The lowest BCUT2D eigenvalue weighted by molar-refractivity contribution is -0.122. The molecule has 0 bridgehead atoms. The second-order valence-electron chi connectivity index (χ2n) is 5.20. The third kappa shape index (κ3) is 2.01. The molecule has 0 aromatic heterocycles. The first kappa shape index (κ1) is 10.3. The van der Waals surface area contributed by atoms with Gasteiger partial charge in [0.15, 0.2) is 0 Å². The van der Waals surface area contributed by atoms with Gasteiger partial charge in [-0.05, 0) is 48.8 Å². The predicted molar refractivity (Wildman–Crippen MR) is 64.5 cm³/mol. The molecule has 2 atom stereocenters. The van der Waals surface area contributed by atoms with Crippen molar-refractivity contribution in [3.63, 3.8) is 0 Å². The SMILES string of the molecule is O=C(Cc1cccc(Cl)c1)C1CC2CC2C1. The molecule has 0 amide bonds. The van der Waals surface area contributed by atoms with E-state index in [-0.39, 0.29) is 0 Å². The van der Waals surface area contributed by atoms with Gasteiger partial charge in [-0.2, -0.15) is 0 Å². The fourth-order valence-corrected chi connectivity index (χ4v) is 3.18. The Labute approximate surface area is 101 Å². The molecule has 1 aromatic carbocycles. The highest BCUT2D eigenvalue weighted by Crippen LogP contribution is 2.54. The summed E-state index contributed by atoms with van der Waals surface area (Å²) in [5.41, 5.74) is 1.05. The summed E-state index contributed by atoms with van der Waals surface area (Å²) in [5, 5.41) is 0.722. The van der Waals surface area contributed by atoms with Crippen LogP contribution in [0.2, 0.25) is 5.02 Å². The molecule has 2 heteroatoms. The molecule has 2 unspecified atom stereocenters. The van der Waals surface area contributed by atoms with Crippen LogP contribution in [0.1, 0.15) is 24.8 Å². The minimum Gasteiger partial charge on any atom is -0.299 e. The molecule has 0 saturated heterocycles. The number of carbonyl (C=O) groups excluding carboxylic acids is 1. The van der Waals surface area contributed by atoms with E-state index in [9.17, 15) is 4.79 Å². The van der Waals surface area contributed by atoms with Gasteiger partial charge in [-0.15, -0.1) is 0 Å². The molecule has 84 valence electrons. The Balaban J connectivity index is 1.64. The number of fused-ring (bicyclic) bond motifs is 1. The Morgan fingerprint density at radius 1 is 1.25 bits per heavy atom. The van der Waals surface area contributed by atoms with Crippen LogP contribution >= 0.6 is 11.6 Å². The van der Waals surface area contributed by atoms with Gasteiger partial charge in [0.25, 0.3) is 0 Å². The van der Waals surface area contributed by atoms with E-state index in [2.05, 4.69) is 0 Å². The number of Topliss-reactive ketones (excluding diaryl/α,β-unsaturated/α-hetero) is 1. The van der Waals surface area contributed by atoms with Gasteiger partial charge in [-0.3, -0.25) is 4.79 Å². The molecule has 0 aliphatic heterocycles. The van der Waals surface area contributed by atoms with Crippen LogP contribution in [0, 0.1) is 17.8 Å². The number of benzene rings is 1. The summed E-state index contributed by atoms with van der Waals surface area (Å²) in [7, 11) is 0. The fourth-order valence-electron chi connectivity index (χ4n) is 2.97. The number of halogens is 1. The van der Waals surface area contributed by atoms with E-state index in [0.29, 0.717) is 18.1 Å². The maximum absolute atomic E-state index is 12.0. The number of carbonyl (C=O) groups is 1. The third-order valence-corrected chi connectivity index (χ3v) is 4.20. The van der Waals surface area contributed by atoms with E-state index in [1.807, 2.05) is 24.3 Å². The highest BCUT2D eigenvalue weighted by Gasteiger charge is 2.47. The van der Waals surface area contributed by atoms with Crippen LogP contribution in [0.5, 0.6) is 0 Å². The average molecular weight is 235 g/mol. The molecule has 3 rings (SSSR count). The van der Waals surface area contributed by atoms with Gasteiger partial charge in [0, 0.05) is 17.4 Å². The third-order valence-electron chi connectivity index (χ3n) is 3.97. The lowest BCUT2D eigenvalue weighted by Crippen LogP contribution is -2.15. The van der Waals surface area contributed by atoms with Gasteiger partial charge < -0.3 is 0 Å². The van der Waals surface area contributed by atoms with Crippen LogP contribution in [-0.2, 0) is 11.2 Å². The van der Waals surface area contributed by atoms with Crippen LogP contribution in [0.15, 0.2) is 24.3 Å². The Morgan fingerprint density at radius 3 is 2.69 bits per heavy atom. The molecule has 0 N–H and O–H groups in total. The van der Waals surface area contributed by atoms with Gasteiger partial charge in [-0.1, -0.05) is 23.7 Å². The minimum absolute atomic E-state index is 0.336. The smallest absolute Gasteiger partial charge is 0.140 e. The second kappa shape index (κ2) is 3.89. The van der Waals surface area contributed by atoms with E-state index in [1.54, 1.807) is 0 Å². The van der Waals surface area contributed by atoms with Gasteiger partial charge in [0.1, 0.15) is 5.78 Å². The summed E-state index contributed by atoms with van der Waals surface area (Å²) >= 11 is 5.91. The molecule has 16 heavy (non-hydrogen) atoms. The second-order valence-corrected chi connectivity index (χ2v) is 5.63. The first-order chi connectivity index (χ1) is 7.72. The Hall–Kier alpha value is -0.820. The number of hydrogen-bond donors (Lipinski definition) is 0. The van der Waals surface area contributed by atoms with Crippen LogP contribution < -0.4 is 0 Å². The predicted octanol–water partition coefficient (Wildman–Crippen LogP) is 3.50. The first-order valence-electron chi connectivity index (χ1n) is 5.99. The van der Waals surface area contributed by atoms with Crippen molar-refractivity contribution in [1.29, 1.82) is 0 Å². The average Bonchev–Trinajstić information content (AvgIpc) is 2.86. The molecule has 2 aliphatic carbocycles. The Morgan fingerprint density at radius 2 is 2.00 bits per heavy atom. The van der Waals surface area contributed by atoms with Crippen molar-refractivity contribution >= 4 is 17.4 Å². The normalized spacial score (nSPS) is 31.2. The van der Waals surface area contributed by atoms with Crippen molar-refractivity contribution < 1.29 is 4.79 Å². The summed E-state index contributed by atoms with van der Waals surface area (Å²) < 4.78 is 0. The lowest BCUT2D eigenvalue weighted by Gasteiger charge is -2.10. The van der Waals surface area contributed by atoms with E-state index in [0.717, 1.165) is 35.3 Å². The van der Waals surface area contributed by atoms with E-state index in [4.69, 9.17) is 11.6 Å². The molecule has 0 spiro atoms. The van der Waals surface area contributed by atoms with Crippen molar-refractivity contribution in [2.24, 2.45) is 17.8 Å². The summed E-state index contributed by atoms with van der Waals surface area (Å²) in [5.74, 6) is 2.51. The van der Waals surface area contributed by atoms with Crippen molar-refractivity contribution in [3.8, 4) is 0 Å². The zero-order valence-electron chi connectivity index (χ0n) is 9.16. The largest absolute Gasteiger partial charge is 0.299 e. The molecule has 0 heterocycles. The number of hydrogen-bond acceptors (Lipinski definition) is 1. The van der Waals surface area contributed by atoms with Crippen molar-refractivity contribution in [3.05, 3.63) is 34.9 Å². The maximum Gasteiger partial charge on any atom is 0.140 e. The van der Waals surface area contributed by atoms with Crippen molar-refractivity contribution in [1.82, 2.24) is 0 Å². The van der Waals surface area contributed by atoms with Crippen molar-refractivity contribution in [2.45, 2.75) is 25.7 Å². The van der Waals surface area contributed by atoms with E-state index >= 15 is 0 Å². The maximum atomic E-state index is 12.0. The number of ketones is 1. The van der Waals surface area contributed by atoms with Crippen LogP contribution in [0.25, 0.3) is 0 Å². The molecule has 2 saturated carbocycles. The molecular formula is C14H15ClO. The first-order valence-corrected chi connectivity index (χ1v) is 6.37. The van der Waals surface area contributed by atoms with Gasteiger partial charge in [-0.25, -0.2) is 0 Å². The fraction of sp³-hybridized carbons (Fsp3) is 0.500. The van der Waals surface area contributed by atoms with E-state index < -0.39 is 0 Å². The monoisotopic (exact) mass is 234 g/mol. The summed E-state index contributed by atoms with van der Waals surface area (Å²) in [6.07, 6.45) is 4.22. The quantitative estimate of drug-likeness (QED) is 0.783. The summed E-state index contributed by atoms with van der Waals surface area (Å²) in [6.45, 7) is 0. The zero-order chi connectivity index (χ0) is 11.1. The zero-order valence-corrected chi connectivity index (χ0v) is 9.91. The molecular weight excluding hydrogens is 220 g/mol. The van der Waals surface area contributed by atoms with Gasteiger partial charge in [0.05, 0.1) is 0 Å². The van der Waals surface area contributed by atoms with Crippen LogP contribution in [0.4, 0.5) is 0 Å². The Kier molecular flexibility index (Phi) is 2.51. The van der Waals surface area contributed by atoms with Gasteiger partial charge >= 0.3 is 0 Å². The molecule has 2 fully saturated rings. The Bertz CT molecular complexity index is 416. The summed E-state index contributed by atoms with van der Waals surface area (Å²) in [6, 6.07) is 7.64. The van der Waals surface area contributed by atoms with E-state index in [1.165, 1.54) is 6.42 Å². The molecule has 1 nitrogen and oxygen atoms in total. The topological polar surface area (TPSA) is 17.1 Å². The molecule has 2 aliphatic rings. The van der Waals surface area contributed by atoms with Gasteiger partial charge in [0.2, 0.25) is 0 Å². The van der Waals surface area contributed by atoms with Crippen LogP contribution in [0.3, 0.4) is 0 Å². The highest BCUT2D eigenvalue weighted by molar-refractivity contribution is 6.30. The molecule has 0 radical (unpaired) electrons. The minimum atomic E-state index is 0.336. The lowest BCUT2D eigenvalue weighted by atomic mass is 9.94. The highest BCUT2D eigenvalue weighted by atomic mass is 35.5. The van der Waals surface area contributed by atoms with Crippen molar-refractivity contribution in [2.75, 3.05) is 0 Å². The van der Waals surface area contributed by atoms with Crippen LogP contribution in [-0.4, -0.2) is 5.78 Å². The standard InChI is InChI=1S/C14H15ClO/c15-13-3-1-2-9(4-13)5-14(16)12-7-10-6-11(10)8-12/h1-4,10-12H,5-8H2. The molecule has 1 aromatic rings. The number of rotatable bonds is 3.